The number of carbonyl (C=O) groups excluding carboxylic acids is 2. The van der Waals surface area contributed by atoms with Crippen LogP contribution in [0.2, 0.25) is 0 Å². The number of imide groups is 1. The lowest BCUT2D eigenvalue weighted by Gasteiger charge is -2.15. The van der Waals surface area contributed by atoms with Crippen LogP contribution in [-0.4, -0.2) is 16.4 Å². The van der Waals surface area contributed by atoms with Crippen LogP contribution in [0.4, 0.5) is 5.82 Å². The van der Waals surface area contributed by atoms with Crippen molar-refractivity contribution in [2.45, 2.75) is 9.79 Å². The molecule has 1 aliphatic heterocycles. The Labute approximate surface area is 152 Å². The van der Waals surface area contributed by atoms with Crippen LogP contribution in [0, 0.1) is 0 Å². The average molecular weight is 363 g/mol. The highest BCUT2D eigenvalue weighted by Gasteiger charge is 2.32. The Morgan fingerprint density at radius 3 is 2.35 bits per heavy atom. The minimum Gasteiger partial charge on any atom is -0.384 e. The molecule has 0 saturated carbocycles. The van der Waals surface area contributed by atoms with Gasteiger partial charge in [0.25, 0.3) is 17.4 Å². The van der Waals surface area contributed by atoms with Crippen molar-refractivity contribution in [1.82, 2.24) is 9.88 Å². The summed E-state index contributed by atoms with van der Waals surface area (Å²) in [6.07, 6.45) is 0. The van der Waals surface area contributed by atoms with E-state index in [4.69, 9.17) is 5.73 Å². The molecule has 2 amide bonds. The van der Waals surface area contributed by atoms with E-state index in [1.807, 2.05) is 42.5 Å². The van der Waals surface area contributed by atoms with Gasteiger partial charge in [0.15, 0.2) is 0 Å². The van der Waals surface area contributed by atoms with E-state index in [0.717, 1.165) is 15.9 Å². The van der Waals surface area contributed by atoms with Crippen molar-refractivity contribution < 1.29 is 9.59 Å². The first-order valence-corrected chi connectivity index (χ1v) is 8.61. The fraction of sp³-hybridized carbons (Fsp3) is 0. The Kier molecular flexibility index (Phi) is 3.85. The SMILES string of the molecule is Nc1c2c(cc(=O)n1-c1ccccc1Sc1ccccc1)C(=O)NC2=O. The Balaban J connectivity index is 1.90. The summed E-state index contributed by atoms with van der Waals surface area (Å²) in [5, 5.41) is 2.17. The highest BCUT2D eigenvalue weighted by atomic mass is 32.2. The summed E-state index contributed by atoms with van der Waals surface area (Å²) in [6, 6.07) is 18.1. The molecule has 2 aromatic carbocycles. The second-order valence-electron chi connectivity index (χ2n) is 5.66. The number of anilines is 1. The van der Waals surface area contributed by atoms with Crippen molar-refractivity contribution in [3.8, 4) is 5.69 Å². The maximum atomic E-state index is 12.6. The third-order valence-corrected chi connectivity index (χ3v) is 5.10. The molecule has 1 aliphatic rings. The van der Waals surface area contributed by atoms with Gasteiger partial charge in [0, 0.05) is 15.9 Å². The van der Waals surface area contributed by atoms with Crippen LogP contribution in [0.15, 0.2) is 75.2 Å². The van der Waals surface area contributed by atoms with Crippen molar-refractivity contribution in [3.05, 3.63) is 82.1 Å². The highest BCUT2D eigenvalue weighted by Crippen LogP contribution is 2.33. The van der Waals surface area contributed by atoms with Crippen LogP contribution >= 0.6 is 11.8 Å². The number of hydrogen-bond acceptors (Lipinski definition) is 5. The smallest absolute Gasteiger partial charge is 0.262 e. The molecule has 128 valence electrons. The minimum absolute atomic E-state index is 0.0157. The van der Waals surface area contributed by atoms with Crippen LogP contribution in [0.5, 0.6) is 0 Å². The van der Waals surface area contributed by atoms with E-state index in [9.17, 15) is 14.4 Å². The highest BCUT2D eigenvalue weighted by molar-refractivity contribution is 7.99. The monoisotopic (exact) mass is 363 g/mol. The van der Waals surface area contributed by atoms with Crippen LogP contribution in [-0.2, 0) is 0 Å². The number of nitrogens with one attached hydrogen (secondary N) is 1. The van der Waals surface area contributed by atoms with Gasteiger partial charge in [0.2, 0.25) is 0 Å². The summed E-state index contributed by atoms with van der Waals surface area (Å²) in [5.74, 6) is -1.24. The Hall–Kier alpha value is -3.32. The van der Waals surface area contributed by atoms with Crippen molar-refractivity contribution in [2.75, 3.05) is 5.73 Å². The van der Waals surface area contributed by atoms with Gasteiger partial charge in [-0.05, 0) is 24.3 Å². The number of nitrogen functional groups attached to an aromatic ring is 1. The molecule has 2 heterocycles. The largest absolute Gasteiger partial charge is 0.384 e. The van der Waals surface area contributed by atoms with Crippen molar-refractivity contribution >= 4 is 29.4 Å². The van der Waals surface area contributed by atoms with Crippen LogP contribution in [0.25, 0.3) is 5.69 Å². The van der Waals surface area contributed by atoms with Crippen LogP contribution in [0.3, 0.4) is 0 Å². The Morgan fingerprint density at radius 2 is 1.58 bits per heavy atom. The van der Waals surface area contributed by atoms with E-state index >= 15 is 0 Å². The van der Waals surface area contributed by atoms with Gasteiger partial charge in [-0.3, -0.25) is 24.3 Å². The van der Waals surface area contributed by atoms with E-state index in [-0.39, 0.29) is 16.9 Å². The summed E-state index contributed by atoms with van der Waals surface area (Å²) in [7, 11) is 0. The third kappa shape index (κ3) is 2.58. The first kappa shape index (κ1) is 16.2. The molecule has 0 aliphatic carbocycles. The molecule has 0 radical (unpaired) electrons. The maximum absolute atomic E-state index is 12.6. The number of rotatable bonds is 3. The molecule has 3 N–H and O–H groups in total. The molecule has 26 heavy (non-hydrogen) atoms. The molecule has 6 nitrogen and oxygen atoms in total. The number of nitrogens with zero attached hydrogens (tertiary/aromatic N) is 1. The van der Waals surface area contributed by atoms with Gasteiger partial charge in [0.1, 0.15) is 5.82 Å². The van der Waals surface area contributed by atoms with E-state index in [2.05, 4.69) is 5.32 Å². The molecule has 4 rings (SSSR count). The van der Waals surface area contributed by atoms with Gasteiger partial charge in [-0.1, -0.05) is 42.1 Å². The Bertz CT molecular complexity index is 1110. The van der Waals surface area contributed by atoms with E-state index in [1.165, 1.54) is 16.3 Å². The summed E-state index contributed by atoms with van der Waals surface area (Å²) in [6.45, 7) is 0. The van der Waals surface area contributed by atoms with E-state index < -0.39 is 17.4 Å². The number of pyridine rings is 1. The number of nitrogens with two attached hydrogens (primary N) is 1. The van der Waals surface area contributed by atoms with Gasteiger partial charge in [-0.2, -0.15) is 0 Å². The number of para-hydroxylation sites is 1. The summed E-state index contributed by atoms with van der Waals surface area (Å²) in [5.41, 5.74) is 6.26. The first-order chi connectivity index (χ1) is 12.6. The zero-order valence-electron chi connectivity index (χ0n) is 13.4. The lowest BCUT2D eigenvalue weighted by Crippen LogP contribution is -2.24. The fourth-order valence-electron chi connectivity index (χ4n) is 2.87. The predicted octanol–water partition coefficient (Wildman–Crippen LogP) is 2.45. The maximum Gasteiger partial charge on any atom is 0.262 e. The molecule has 0 saturated heterocycles. The molecule has 0 fully saturated rings. The van der Waals surface area contributed by atoms with Crippen LogP contribution in [0.1, 0.15) is 20.7 Å². The second kappa shape index (κ2) is 6.20. The van der Waals surface area contributed by atoms with E-state index in [0.29, 0.717) is 5.69 Å². The topological polar surface area (TPSA) is 94.2 Å². The molecule has 0 spiro atoms. The summed E-state index contributed by atoms with van der Waals surface area (Å²) >= 11 is 1.48. The number of amides is 2. The zero-order valence-corrected chi connectivity index (χ0v) is 14.2. The number of benzene rings is 2. The van der Waals surface area contributed by atoms with E-state index in [1.54, 1.807) is 12.1 Å². The van der Waals surface area contributed by atoms with Crippen molar-refractivity contribution in [2.24, 2.45) is 0 Å². The van der Waals surface area contributed by atoms with Crippen LogP contribution < -0.4 is 16.6 Å². The molecule has 0 atom stereocenters. The van der Waals surface area contributed by atoms with Crippen molar-refractivity contribution in [3.63, 3.8) is 0 Å². The molecule has 3 aromatic rings. The third-order valence-electron chi connectivity index (χ3n) is 4.03. The molecule has 1 aromatic heterocycles. The zero-order chi connectivity index (χ0) is 18.3. The quantitative estimate of drug-likeness (QED) is 0.697. The molecular weight excluding hydrogens is 350 g/mol. The second-order valence-corrected chi connectivity index (χ2v) is 6.77. The standard InChI is InChI=1S/C19H13N3O3S/c20-17-16-12(18(24)21-19(16)25)10-15(23)22(17)13-8-4-5-9-14(13)26-11-6-2-1-3-7-11/h1-10H,20H2,(H,21,24,25). The lowest BCUT2D eigenvalue weighted by atomic mass is 10.1. The number of hydrogen-bond donors (Lipinski definition) is 2. The number of carbonyl (C=O) groups is 2. The van der Waals surface area contributed by atoms with Crippen molar-refractivity contribution in [1.29, 1.82) is 0 Å². The van der Waals surface area contributed by atoms with Gasteiger partial charge in [0.05, 0.1) is 16.8 Å². The molecule has 0 bridgehead atoms. The predicted molar refractivity (Wildman–Crippen MR) is 98.8 cm³/mol. The number of aromatic nitrogens is 1. The normalized spacial score (nSPS) is 12.8. The molecule has 7 heteroatoms. The first-order valence-electron chi connectivity index (χ1n) is 7.80. The van der Waals surface area contributed by atoms with Gasteiger partial charge in [-0.15, -0.1) is 0 Å². The van der Waals surface area contributed by atoms with Gasteiger partial charge >= 0.3 is 0 Å². The van der Waals surface area contributed by atoms with Gasteiger partial charge in [-0.25, -0.2) is 0 Å². The fourth-order valence-corrected chi connectivity index (χ4v) is 3.83. The number of fused-ring (bicyclic) bond motifs is 1. The summed E-state index contributed by atoms with van der Waals surface area (Å²) in [4.78, 5) is 38.3. The minimum atomic E-state index is -0.604. The Morgan fingerprint density at radius 1 is 0.885 bits per heavy atom. The summed E-state index contributed by atoms with van der Waals surface area (Å²) < 4.78 is 1.27. The lowest BCUT2D eigenvalue weighted by molar-refractivity contribution is 0.0880. The average Bonchev–Trinajstić information content (AvgIpc) is 2.91. The molecular formula is C19H13N3O3S. The molecule has 0 unspecified atom stereocenters. The van der Waals surface area contributed by atoms with Gasteiger partial charge < -0.3 is 5.73 Å².